The molecule has 0 aliphatic carbocycles. The molecule has 14 heteroatoms. The fourth-order valence-corrected chi connectivity index (χ4v) is 7.93. The van der Waals surface area contributed by atoms with Crippen LogP contribution in [0.5, 0.6) is 0 Å². The quantitative estimate of drug-likeness (QED) is 0.0195. The van der Waals surface area contributed by atoms with Crippen molar-refractivity contribution in [3.8, 4) is 0 Å². The first-order valence-electron chi connectivity index (χ1n) is 24.8. The summed E-state index contributed by atoms with van der Waals surface area (Å²) in [6.07, 6.45) is 19.9. The molecule has 0 aromatic heterocycles. The summed E-state index contributed by atoms with van der Waals surface area (Å²) in [6, 6.07) is 0. The zero-order valence-corrected chi connectivity index (χ0v) is 38.6. The van der Waals surface area contributed by atoms with E-state index in [1.54, 1.807) is 0 Å². The lowest BCUT2D eigenvalue weighted by molar-refractivity contribution is -0.332. The summed E-state index contributed by atoms with van der Waals surface area (Å²) in [5.74, 6) is -0.378. The number of aliphatic hydroxyl groups excluding tert-OH is 7. The molecule has 2 rings (SSSR count). The van der Waals surface area contributed by atoms with Crippen molar-refractivity contribution < 1.29 is 69.0 Å². The number of esters is 1. The van der Waals surface area contributed by atoms with E-state index in [1.165, 1.54) is 116 Å². The summed E-state index contributed by atoms with van der Waals surface area (Å²) in [5, 5.41) is 72.0. The number of unbranched alkanes of at least 4 members (excludes halogenated alkanes) is 23. The predicted molar refractivity (Wildman–Crippen MR) is 238 cm³/mol. The monoisotopic (exact) mass is 891 g/mol. The first-order chi connectivity index (χ1) is 30.1. The molecule has 2 heterocycles. The van der Waals surface area contributed by atoms with Crippen molar-refractivity contribution in [1.82, 2.24) is 0 Å². The molecule has 0 saturated carbocycles. The molecule has 7 N–H and O–H groups in total. The smallest absolute Gasteiger partial charge is 0.306 e. The van der Waals surface area contributed by atoms with Gasteiger partial charge in [0.2, 0.25) is 0 Å². The summed E-state index contributed by atoms with van der Waals surface area (Å²) >= 11 is 0. The highest BCUT2D eigenvalue weighted by Gasteiger charge is 2.47. The lowest BCUT2D eigenvalue weighted by Crippen LogP contribution is -2.61. The maximum atomic E-state index is 12.9. The molecule has 0 amide bonds. The topological polar surface area (TPSA) is 214 Å². The molecule has 14 nitrogen and oxygen atoms in total. The third-order valence-electron chi connectivity index (χ3n) is 12.0. The normalized spacial score (nSPS) is 27.2. The average Bonchev–Trinajstić information content (AvgIpc) is 3.27. The summed E-state index contributed by atoms with van der Waals surface area (Å²) in [4.78, 5) is 12.9. The molecule has 2 saturated heterocycles. The Bertz CT molecular complexity index is 1080. The number of ether oxygens (including phenoxy) is 6. The van der Waals surface area contributed by atoms with E-state index >= 15 is 0 Å². The average molecular weight is 891 g/mol. The van der Waals surface area contributed by atoms with Crippen molar-refractivity contribution in [2.75, 3.05) is 33.0 Å². The van der Waals surface area contributed by atoms with Crippen molar-refractivity contribution in [3.05, 3.63) is 12.2 Å². The van der Waals surface area contributed by atoms with Gasteiger partial charge in [0.15, 0.2) is 12.6 Å². The molecule has 2 aliphatic rings. The molecule has 2 fully saturated rings. The Morgan fingerprint density at radius 3 is 1.47 bits per heavy atom. The van der Waals surface area contributed by atoms with E-state index in [-0.39, 0.29) is 25.6 Å². The van der Waals surface area contributed by atoms with E-state index in [2.05, 4.69) is 26.0 Å². The number of carbonyl (C=O) groups excluding carboxylic acids is 1. The molecular formula is C48H90O14. The maximum absolute atomic E-state index is 12.9. The number of rotatable bonds is 39. The zero-order valence-electron chi connectivity index (χ0n) is 38.6. The molecule has 11 unspecified atom stereocenters. The van der Waals surface area contributed by atoms with Crippen LogP contribution >= 0.6 is 0 Å². The van der Waals surface area contributed by atoms with Crippen LogP contribution in [0.25, 0.3) is 0 Å². The standard InChI is InChI=1S/C48H90O14/c1-3-5-7-9-11-13-15-16-17-18-19-20-22-24-26-28-30-32-57-34-37(60-40(50)31-29-27-25-23-21-14-12-10-8-6-4-2)35-58-47-46(56)44(54)42(52)39(62-47)36-59-48-45(55)43(53)41(51)38(33-49)61-48/h17-18,37-39,41-49,51-56H,3-16,19-36H2,1-2H3/b18-17-. The highest BCUT2D eigenvalue weighted by molar-refractivity contribution is 5.69. The van der Waals surface area contributed by atoms with E-state index in [9.17, 15) is 40.5 Å². The third kappa shape index (κ3) is 24.9. The van der Waals surface area contributed by atoms with Gasteiger partial charge in [0.1, 0.15) is 54.9 Å². The molecule has 0 radical (unpaired) electrons. The van der Waals surface area contributed by atoms with Crippen LogP contribution < -0.4 is 0 Å². The van der Waals surface area contributed by atoms with Gasteiger partial charge in [-0.25, -0.2) is 0 Å². The lowest BCUT2D eigenvalue weighted by atomic mass is 9.98. The highest BCUT2D eigenvalue weighted by atomic mass is 16.7. The van der Waals surface area contributed by atoms with Gasteiger partial charge in [-0.2, -0.15) is 0 Å². The minimum absolute atomic E-state index is 0.0623. The molecule has 2 aliphatic heterocycles. The van der Waals surface area contributed by atoms with Gasteiger partial charge in [0.25, 0.3) is 0 Å². The largest absolute Gasteiger partial charge is 0.457 e. The van der Waals surface area contributed by atoms with Gasteiger partial charge in [0, 0.05) is 13.0 Å². The number of aliphatic hydroxyl groups is 7. The van der Waals surface area contributed by atoms with Crippen molar-refractivity contribution >= 4 is 5.97 Å². The molecular weight excluding hydrogens is 801 g/mol. The maximum Gasteiger partial charge on any atom is 0.306 e. The molecule has 0 aromatic rings. The van der Waals surface area contributed by atoms with Gasteiger partial charge in [-0.05, 0) is 38.5 Å². The number of hydrogen-bond donors (Lipinski definition) is 7. The van der Waals surface area contributed by atoms with Gasteiger partial charge < -0.3 is 64.2 Å². The van der Waals surface area contributed by atoms with Crippen molar-refractivity contribution in [3.63, 3.8) is 0 Å². The minimum atomic E-state index is -1.70. The summed E-state index contributed by atoms with van der Waals surface area (Å²) in [5.41, 5.74) is 0. The summed E-state index contributed by atoms with van der Waals surface area (Å²) in [7, 11) is 0. The van der Waals surface area contributed by atoms with Crippen LogP contribution in [0.15, 0.2) is 12.2 Å². The summed E-state index contributed by atoms with van der Waals surface area (Å²) in [6.45, 7) is 3.67. The molecule has 0 aromatic carbocycles. The Morgan fingerprint density at radius 1 is 0.516 bits per heavy atom. The molecule has 366 valence electrons. The molecule has 0 spiro atoms. The molecule has 11 atom stereocenters. The third-order valence-corrected chi connectivity index (χ3v) is 12.0. The summed E-state index contributed by atoms with van der Waals surface area (Å²) < 4.78 is 34.2. The van der Waals surface area contributed by atoms with Gasteiger partial charge in [-0.1, -0.05) is 154 Å². The predicted octanol–water partition coefficient (Wildman–Crippen LogP) is 6.68. The fourth-order valence-electron chi connectivity index (χ4n) is 7.93. The van der Waals surface area contributed by atoms with Crippen LogP contribution in [0, 0.1) is 0 Å². The van der Waals surface area contributed by atoms with Gasteiger partial charge in [0.05, 0.1) is 26.4 Å². The van der Waals surface area contributed by atoms with Crippen molar-refractivity contribution in [2.24, 2.45) is 0 Å². The van der Waals surface area contributed by atoms with E-state index in [4.69, 9.17) is 28.4 Å². The second kappa shape index (κ2) is 36.9. The van der Waals surface area contributed by atoms with E-state index in [0.29, 0.717) is 13.0 Å². The number of hydrogen-bond acceptors (Lipinski definition) is 14. The second-order valence-corrected chi connectivity index (χ2v) is 17.6. The molecule has 62 heavy (non-hydrogen) atoms. The highest BCUT2D eigenvalue weighted by Crippen LogP contribution is 2.26. The van der Waals surface area contributed by atoms with Crippen LogP contribution in [0.3, 0.4) is 0 Å². The second-order valence-electron chi connectivity index (χ2n) is 17.6. The Hall–Kier alpha value is -1.27. The minimum Gasteiger partial charge on any atom is -0.457 e. The van der Waals surface area contributed by atoms with E-state index in [1.807, 2.05) is 0 Å². The zero-order chi connectivity index (χ0) is 45.2. The Morgan fingerprint density at radius 2 is 0.952 bits per heavy atom. The van der Waals surface area contributed by atoms with Gasteiger partial charge >= 0.3 is 5.97 Å². The molecule has 0 bridgehead atoms. The SMILES string of the molecule is CCCCCCCCC/C=C\CCCCCCCCOCC(COC1OC(COC2OC(CO)C(O)C(O)C2O)C(O)C(O)C1O)OC(=O)CCCCCCCCCCCCC. The van der Waals surface area contributed by atoms with Crippen molar-refractivity contribution in [1.29, 1.82) is 0 Å². The van der Waals surface area contributed by atoms with Crippen molar-refractivity contribution in [2.45, 2.75) is 255 Å². The number of carbonyl (C=O) groups is 1. The van der Waals surface area contributed by atoms with E-state index in [0.717, 1.165) is 44.9 Å². The Balaban J connectivity index is 1.77. The van der Waals surface area contributed by atoms with Crippen LogP contribution in [0.2, 0.25) is 0 Å². The fraction of sp³-hybridized carbons (Fsp3) is 0.938. The Kier molecular flexibility index (Phi) is 33.8. The first kappa shape index (κ1) is 56.9. The number of allylic oxidation sites excluding steroid dienone is 2. The van der Waals surface area contributed by atoms with Gasteiger partial charge in [-0.15, -0.1) is 0 Å². The lowest BCUT2D eigenvalue weighted by Gasteiger charge is -2.42. The first-order valence-corrected chi connectivity index (χ1v) is 24.8. The Labute approximate surface area is 374 Å². The van der Waals surface area contributed by atoms with E-state index < -0.39 is 80.7 Å². The van der Waals surface area contributed by atoms with Gasteiger partial charge in [-0.3, -0.25) is 4.79 Å². The van der Waals surface area contributed by atoms with Crippen LogP contribution in [0.4, 0.5) is 0 Å². The van der Waals surface area contributed by atoms with Crippen LogP contribution in [-0.2, 0) is 33.2 Å². The van der Waals surface area contributed by atoms with Crippen LogP contribution in [-0.4, -0.2) is 142 Å². The van der Waals surface area contributed by atoms with Crippen LogP contribution in [0.1, 0.15) is 187 Å².